The van der Waals surface area contributed by atoms with Crippen molar-refractivity contribution >= 4 is 23.9 Å². The van der Waals surface area contributed by atoms with Gasteiger partial charge in [0.15, 0.2) is 0 Å². The monoisotopic (exact) mass is 286 g/mol. The van der Waals surface area contributed by atoms with Gasteiger partial charge in [-0.05, 0) is 27.2 Å². The molecule has 8 nitrogen and oxygen atoms in total. The van der Waals surface area contributed by atoms with Crippen molar-refractivity contribution in [2.75, 3.05) is 6.54 Å². The molecule has 1 aliphatic heterocycles. The highest BCUT2D eigenvalue weighted by molar-refractivity contribution is 5.97. The van der Waals surface area contributed by atoms with E-state index in [-0.39, 0.29) is 12.8 Å². The van der Waals surface area contributed by atoms with Gasteiger partial charge >= 0.3 is 12.1 Å². The van der Waals surface area contributed by atoms with Crippen LogP contribution in [0, 0.1) is 0 Å². The van der Waals surface area contributed by atoms with Crippen LogP contribution in [-0.4, -0.2) is 41.1 Å². The molecule has 0 atom stereocenters. The van der Waals surface area contributed by atoms with Crippen molar-refractivity contribution in [3.05, 3.63) is 0 Å². The Bertz CT molecular complexity index is 410. The van der Waals surface area contributed by atoms with E-state index in [0.29, 0.717) is 11.5 Å². The number of hydroxylamine groups is 2. The minimum absolute atomic E-state index is 0.151. The van der Waals surface area contributed by atoms with E-state index in [2.05, 4.69) is 10.2 Å². The number of hydrogen-bond acceptors (Lipinski definition) is 6. The lowest BCUT2D eigenvalue weighted by atomic mass is 10.1. The molecule has 0 aliphatic carbocycles. The first-order valence-corrected chi connectivity index (χ1v) is 6.22. The molecular formula is C12H18N2O6. The molecule has 0 radical (unpaired) electrons. The van der Waals surface area contributed by atoms with Crippen LogP contribution in [0.5, 0.6) is 0 Å². The number of carbonyl (C=O) groups excluding carboxylic acids is 4. The molecule has 1 rings (SSSR count). The summed E-state index contributed by atoms with van der Waals surface area (Å²) in [5, 5.41) is 2.62. The first kappa shape index (κ1) is 15.9. The van der Waals surface area contributed by atoms with E-state index in [4.69, 9.17) is 4.74 Å². The number of amides is 3. The number of nitrogens with one attached hydrogen (secondary N) is 1. The summed E-state index contributed by atoms with van der Waals surface area (Å²) in [5.41, 5.74) is -0.688. The van der Waals surface area contributed by atoms with Crippen molar-refractivity contribution in [1.29, 1.82) is 0 Å². The zero-order valence-corrected chi connectivity index (χ0v) is 11.7. The van der Waals surface area contributed by atoms with Crippen LogP contribution in [0.2, 0.25) is 0 Å². The molecule has 1 fully saturated rings. The van der Waals surface area contributed by atoms with E-state index in [1.54, 1.807) is 20.8 Å². The van der Waals surface area contributed by atoms with Gasteiger partial charge in [-0.15, -0.1) is 5.06 Å². The van der Waals surface area contributed by atoms with Crippen LogP contribution in [0.15, 0.2) is 0 Å². The van der Waals surface area contributed by atoms with Gasteiger partial charge in [-0.2, -0.15) is 0 Å². The second kappa shape index (κ2) is 6.36. The Labute approximate surface area is 116 Å². The fourth-order valence-electron chi connectivity index (χ4n) is 1.43. The quantitative estimate of drug-likeness (QED) is 0.758. The van der Waals surface area contributed by atoms with Crippen molar-refractivity contribution < 1.29 is 28.8 Å². The summed E-state index contributed by atoms with van der Waals surface area (Å²) in [5.74, 6) is -2.04. The lowest BCUT2D eigenvalue weighted by Gasteiger charge is -2.23. The summed E-state index contributed by atoms with van der Waals surface area (Å²) in [4.78, 5) is 50.1. The third-order valence-corrected chi connectivity index (χ3v) is 2.20. The van der Waals surface area contributed by atoms with Crippen LogP contribution >= 0.6 is 0 Å². The lowest BCUT2D eigenvalue weighted by Crippen LogP contribution is -2.44. The van der Waals surface area contributed by atoms with E-state index >= 15 is 0 Å². The fraction of sp³-hybridized carbons (Fsp3) is 0.667. The van der Waals surface area contributed by atoms with Gasteiger partial charge in [-0.3, -0.25) is 9.59 Å². The Balaban J connectivity index is 2.38. The normalized spacial score (nSPS) is 15.8. The van der Waals surface area contributed by atoms with E-state index in [1.165, 1.54) is 0 Å². The number of ether oxygens (including phenoxy) is 1. The molecule has 1 N–H and O–H groups in total. The molecule has 0 aromatic rings. The van der Waals surface area contributed by atoms with E-state index in [1.807, 2.05) is 0 Å². The van der Waals surface area contributed by atoms with Gasteiger partial charge in [0.05, 0.1) is 0 Å². The van der Waals surface area contributed by atoms with Crippen LogP contribution in [0.4, 0.5) is 4.79 Å². The van der Waals surface area contributed by atoms with Gasteiger partial charge in [-0.25, -0.2) is 9.59 Å². The van der Waals surface area contributed by atoms with Crippen LogP contribution in [0.3, 0.4) is 0 Å². The molecule has 3 amide bonds. The van der Waals surface area contributed by atoms with E-state index in [0.717, 1.165) is 0 Å². The third kappa shape index (κ3) is 5.25. The first-order chi connectivity index (χ1) is 9.19. The van der Waals surface area contributed by atoms with Crippen molar-refractivity contribution in [2.24, 2.45) is 0 Å². The molecule has 0 saturated carbocycles. The van der Waals surface area contributed by atoms with Gasteiger partial charge < -0.3 is 14.9 Å². The molecule has 0 aromatic heterocycles. The summed E-state index contributed by atoms with van der Waals surface area (Å²) in [7, 11) is 0. The number of piperidine rings is 1. The van der Waals surface area contributed by atoms with Crippen molar-refractivity contribution in [1.82, 2.24) is 10.4 Å². The highest BCUT2D eigenvalue weighted by Gasteiger charge is 2.30. The van der Waals surface area contributed by atoms with E-state index in [9.17, 15) is 19.2 Å². The summed E-state index contributed by atoms with van der Waals surface area (Å²) < 4.78 is 4.92. The van der Waals surface area contributed by atoms with Gasteiger partial charge in [-0.1, -0.05) is 0 Å². The molecule has 8 heteroatoms. The first-order valence-electron chi connectivity index (χ1n) is 6.22. The second-order valence-corrected chi connectivity index (χ2v) is 5.25. The minimum Gasteiger partial charge on any atom is -0.444 e. The summed E-state index contributed by atoms with van der Waals surface area (Å²) in [6.45, 7) is 4.54. The average molecular weight is 286 g/mol. The number of nitrogens with zero attached hydrogens (tertiary/aromatic N) is 1. The zero-order valence-electron chi connectivity index (χ0n) is 11.7. The molecule has 0 aromatic carbocycles. The highest BCUT2D eigenvalue weighted by Crippen LogP contribution is 2.12. The van der Waals surface area contributed by atoms with Crippen LogP contribution in [0.1, 0.15) is 40.0 Å². The topological polar surface area (TPSA) is 102 Å². The van der Waals surface area contributed by atoms with Crippen LogP contribution in [0.25, 0.3) is 0 Å². The average Bonchev–Trinajstić information content (AvgIpc) is 2.29. The van der Waals surface area contributed by atoms with Crippen LogP contribution < -0.4 is 5.32 Å². The Kier molecular flexibility index (Phi) is 5.06. The van der Waals surface area contributed by atoms with Crippen molar-refractivity contribution in [3.8, 4) is 0 Å². The maximum atomic E-state index is 11.4. The van der Waals surface area contributed by atoms with Crippen molar-refractivity contribution in [3.63, 3.8) is 0 Å². The maximum absolute atomic E-state index is 11.4. The molecule has 0 unspecified atom stereocenters. The predicted octanol–water partition coefficient (Wildman–Crippen LogP) is 0.508. The largest absolute Gasteiger partial charge is 0.444 e. The number of hydrogen-bond donors (Lipinski definition) is 1. The Morgan fingerprint density at radius 2 is 1.75 bits per heavy atom. The summed E-state index contributed by atoms with van der Waals surface area (Å²) in [6, 6.07) is 0. The van der Waals surface area contributed by atoms with Crippen LogP contribution in [-0.2, 0) is 24.0 Å². The molecule has 20 heavy (non-hydrogen) atoms. The molecule has 0 bridgehead atoms. The predicted molar refractivity (Wildman–Crippen MR) is 66.0 cm³/mol. The minimum atomic E-state index is -0.917. The smallest absolute Gasteiger partial charge is 0.408 e. The third-order valence-electron chi connectivity index (χ3n) is 2.20. The second-order valence-electron chi connectivity index (χ2n) is 5.25. The Morgan fingerprint density at radius 3 is 2.25 bits per heavy atom. The molecular weight excluding hydrogens is 268 g/mol. The molecule has 1 saturated heterocycles. The summed E-state index contributed by atoms with van der Waals surface area (Å²) >= 11 is 0. The molecule has 1 heterocycles. The summed E-state index contributed by atoms with van der Waals surface area (Å²) in [6.07, 6.45) is -0.0374. The molecule has 112 valence electrons. The van der Waals surface area contributed by atoms with Gasteiger partial charge in [0.2, 0.25) is 0 Å². The number of rotatable bonds is 3. The zero-order chi connectivity index (χ0) is 15.3. The lowest BCUT2D eigenvalue weighted by molar-refractivity contribution is -0.204. The molecule has 1 aliphatic rings. The number of carbonyl (C=O) groups is 4. The van der Waals surface area contributed by atoms with Gasteiger partial charge in [0.25, 0.3) is 11.8 Å². The van der Waals surface area contributed by atoms with Crippen molar-refractivity contribution in [2.45, 2.75) is 45.6 Å². The highest BCUT2D eigenvalue weighted by atomic mass is 16.7. The standard InChI is InChI=1S/C12H18N2O6/c1-12(2,3)19-11(18)13-7-10(17)20-14-8(15)5-4-6-9(14)16/h4-7H2,1-3H3,(H,13,18). The van der Waals surface area contributed by atoms with E-state index < -0.39 is 36.0 Å². The maximum Gasteiger partial charge on any atom is 0.408 e. The Morgan fingerprint density at radius 1 is 1.20 bits per heavy atom. The Hall–Kier alpha value is -2.12. The van der Waals surface area contributed by atoms with Gasteiger partial charge in [0.1, 0.15) is 12.1 Å². The van der Waals surface area contributed by atoms with Gasteiger partial charge in [0, 0.05) is 12.8 Å². The fourth-order valence-corrected chi connectivity index (χ4v) is 1.43. The number of alkyl carbamates (subject to hydrolysis) is 1. The SMILES string of the molecule is CC(C)(C)OC(=O)NCC(=O)ON1C(=O)CCCC1=O. The molecule has 0 spiro atoms. The number of imide groups is 1.